The van der Waals surface area contributed by atoms with E-state index in [1.165, 1.54) is 6.20 Å². The second-order valence-corrected chi connectivity index (χ2v) is 5.07. The highest BCUT2D eigenvalue weighted by Crippen LogP contribution is 2.18. The van der Waals surface area contributed by atoms with E-state index in [1.807, 2.05) is 32.0 Å². The van der Waals surface area contributed by atoms with Crippen LogP contribution >= 0.6 is 22.6 Å². The molecule has 1 amide bonds. The number of rotatable bonds is 2. The van der Waals surface area contributed by atoms with Crippen LogP contribution < -0.4 is 5.32 Å². The number of nitrogens with zero attached hydrogens (tertiary/aromatic N) is 1. The first-order valence-electron chi connectivity index (χ1n) is 5.15. The molecule has 2 rings (SSSR count). The fourth-order valence-electron chi connectivity index (χ4n) is 1.54. The predicted molar refractivity (Wildman–Crippen MR) is 75.2 cm³/mol. The minimum atomic E-state index is -0.138. The predicted octanol–water partition coefficient (Wildman–Crippen LogP) is 2.88. The Kier molecular flexibility index (Phi) is 3.46. The quantitative estimate of drug-likeness (QED) is 0.826. The molecule has 1 aromatic carbocycles. The molecule has 0 saturated heterocycles. The molecule has 0 bridgehead atoms. The van der Waals surface area contributed by atoms with E-state index >= 15 is 0 Å². The number of H-pyrrole nitrogens is 1. The minimum Gasteiger partial charge on any atom is -0.322 e. The lowest BCUT2D eigenvalue weighted by molar-refractivity contribution is 0.102. The first-order chi connectivity index (χ1) is 8.08. The van der Waals surface area contributed by atoms with Crippen LogP contribution in [0, 0.1) is 17.4 Å². The zero-order valence-corrected chi connectivity index (χ0v) is 11.7. The van der Waals surface area contributed by atoms with Gasteiger partial charge in [0.1, 0.15) is 0 Å². The van der Waals surface area contributed by atoms with Crippen LogP contribution in [0.2, 0.25) is 0 Å². The molecule has 2 N–H and O–H groups in total. The summed E-state index contributed by atoms with van der Waals surface area (Å²) in [5.41, 5.74) is 3.22. The minimum absolute atomic E-state index is 0.138. The van der Waals surface area contributed by atoms with Crippen LogP contribution in [-0.4, -0.2) is 16.1 Å². The monoisotopic (exact) mass is 341 g/mol. The van der Waals surface area contributed by atoms with Gasteiger partial charge in [0.15, 0.2) is 0 Å². The molecule has 88 valence electrons. The van der Waals surface area contributed by atoms with Crippen molar-refractivity contribution < 1.29 is 4.79 Å². The molecule has 4 nitrogen and oxygen atoms in total. The zero-order chi connectivity index (χ0) is 12.4. The number of amides is 1. The molecule has 0 radical (unpaired) electrons. The van der Waals surface area contributed by atoms with Crippen LogP contribution in [-0.2, 0) is 0 Å². The van der Waals surface area contributed by atoms with Crippen molar-refractivity contribution in [2.75, 3.05) is 5.32 Å². The molecular formula is C12H12IN3O. The summed E-state index contributed by atoms with van der Waals surface area (Å²) >= 11 is 2.24. The van der Waals surface area contributed by atoms with Gasteiger partial charge in [0.25, 0.3) is 5.91 Å². The maximum atomic E-state index is 12.0. The number of hydrogen-bond donors (Lipinski definition) is 2. The number of carbonyl (C=O) groups excluding carboxylic acids is 1. The van der Waals surface area contributed by atoms with Crippen LogP contribution in [0.1, 0.15) is 21.6 Å². The fourth-order valence-corrected chi connectivity index (χ4v) is 2.18. The molecule has 0 fully saturated rings. The molecular weight excluding hydrogens is 329 g/mol. The zero-order valence-electron chi connectivity index (χ0n) is 9.54. The largest absolute Gasteiger partial charge is 0.322 e. The van der Waals surface area contributed by atoms with Gasteiger partial charge >= 0.3 is 0 Å². The number of benzene rings is 1. The van der Waals surface area contributed by atoms with Crippen molar-refractivity contribution in [1.82, 2.24) is 10.2 Å². The third-order valence-corrected chi connectivity index (χ3v) is 3.18. The van der Waals surface area contributed by atoms with E-state index < -0.39 is 0 Å². The van der Waals surface area contributed by atoms with Gasteiger partial charge in [-0.25, -0.2) is 0 Å². The van der Waals surface area contributed by atoms with Crippen LogP contribution in [0.5, 0.6) is 0 Å². The van der Waals surface area contributed by atoms with E-state index in [9.17, 15) is 4.79 Å². The maximum absolute atomic E-state index is 12.0. The summed E-state index contributed by atoms with van der Waals surface area (Å²) in [5.74, 6) is -0.138. The van der Waals surface area contributed by atoms with Gasteiger partial charge in [-0.2, -0.15) is 5.10 Å². The van der Waals surface area contributed by atoms with E-state index in [2.05, 4.69) is 38.1 Å². The van der Waals surface area contributed by atoms with Gasteiger partial charge in [0.2, 0.25) is 0 Å². The van der Waals surface area contributed by atoms with Gasteiger partial charge in [0.05, 0.1) is 11.8 Å². The average molecular weight is 341 g/mol. The van der Waals surface area contributed by atoms with E-state index in [1.54, 1.807) is 0 Å². The Hall–Kier alpha value is -1.37. The molecule has 0 aliphatic carbocycles. The SMILES string of the molecule is Cc1cc(I)ccc1NC(=O)c1cn[nH]c1C. The van der Waals surface area contributed by atoms with Gasteiger partial charge in [-0.05, 0) is 60.2 Å². The third kappa shape index (κ3) is 2.66. The highest BCUT2D eigenvalue weighted by molar-refractivity contribution is 14.1. The number of aryl methyl sites for hydroxylation is 2. The Morgan fingerprint density at radius 2 is 2.18 bits per heavy atom. The van der Waals surface area contributed by atoms with Crippen LogP contribution in [0.15, 0.2) is 24.4 Å². The molecule has 0 unspecified atom stereocenters. The normalized spacial score (nSPS) is 10.3. The van der Waals surface area contributed by atoms with E-state index in [0.717, 1.165) is 20.5 Å². The first-order valence-corrected chi connectivity index (χ1v) is 6.23. The lowest BCUT2D eigenvalue weighted by atomic mass is 10.2. The maximum Gasteiger partial charge on any atom is 0.259 e. The molecule has 1 heterocycles. The van der Waals surface area contributed by atoms with Crippen molar-refractivity contribution in [2.45, 2.75) is 13.8 Å². The average Bonchev–Trinajstić information content (AvgIpc) is 2.68. The van der Waals surface area contributed by atoms with Gasteiger partial charge in [-0.1, -0.05) is 0 Å². The van der Waals surface area contributed by atoms with Crippen LogP contribution in [0.25, 0.3) is 0 Å². The smallest absolute Gasteiger partial charge is 0.259 e. The fraction of sp³-hybridized carbons (Fsp3) is 0.167. The summed E-state index contributed by atoms with van der Waals surface area (Å²) in [5, 5.41) is 9.46. The highest BCUT2D eigenvalue weighted by atomic mass is 127. The lowest BCUT2D eigenvalue weighted by Crippen LogP contribution is -2.13. The molecule has 17 heavy (non-hydrogen) atoms. The molecule has 0 spiro atoms. The summed E-state index contributed by atoms with van der Waals surface area (Å²) in [6, 6.07) is 5.90. The van der Waals surface area contributed by atoms with Crippen molar-refractivity contribution in [3.8, 4) is 0 Å². The first kappa shape index (κ1) is 12.1. The van der Waals surface area contributed by atoms with Crippen molar-refractivity contribution in [3.05, 3.63) is 44.8 Å². The van der Waals surface area contributed by atoms with Crippen molar-refractivity contribution in [1.29, 1.82) is 0 Å². The van der Waals surface area contributed by atoms with Crippen LogP contribution in [0.4, 0.5) is 5.69 Å². The van der Waals surface area contributed by atoms with Crippen LogP contribution in [0.3, 0.4) is 0 Å². The van der Waals surface area contributed by atoms with E-state index in [-0.39, 0.29) is 5.91 Å². The Morgan fingerprint density at radius 3 is 2.76 bits per heavy atom. The van der Waals surface area contributed by atoms with Gasteiger partial charge in [-0.3, -0.25) is 9.89 Å². The molecule has 5 heteroatoms. The summed E-state index contributed by atoms with van der Waals surface area (Å²) in [4.78, 5) is 12.0. The topological polar surface area (TPSA) is 57.8 Å². The van der Waals surface area contributed by atoms with Gasteiger partial charge < -0.3 is 5.32 Å². The van der Waals surface area contributed by atoms with E-state index in [4.69, 9.17) is 0 Å². The van der Waals surface area contributed by atoms with E-state index in [0.29, 0.717) is 5.56 Å². The molecule has 0 atom stereocenters. The number of halogens is 1. The molecule has 1 aromatic heterocycles. The third-order valence-electron chi connectivity index (χ3n) is 2.51. The second-order valence-electron chi connectivity index (χ2n) is 3.82. The molecule has 0 aliphatic heterocycles. The highest BCUT2D eigenvalue weighted by Gasteiger charge is 2.11. The summed E-state index contributed by atoms with van der Waals surface area (Å²) < 4.78 is 1.15. The molecule has 2 aromatic rings. The number of hydrogen-bond acceptors (Lipinski definition) is 2. The summed E-state index contributed by atoms with van der Waals surface area (Å²) in [6.45, 7) is 3.79. The Labute approximate surface area is 113 Å². The van der Waals surface area contributed by atoms with Gasteiger partial charge in [-0.15, -0.1) is 0 Å². The Bertz CT molecular complexity index is 563. The molecule has 0 aliphatic rings. The Balaban J connectivity index is 2.22. The number of anilines is 1. The number of aromatic nitrogens is 2. The number of nitrogens with one attached hydrogen (secondary N) is 2. The summed E-state index contributed by atoms with van der Waals surface area (Å²) in [7, 11) is 0. The number of aromatic amines is 1. The van der Waals surface area contributed by atoms with Crippen molar-refractivity contribution in [3.63, 3.8) is 0 Å². The van der Waals surface area contributed by atoms with Crippen molar-refractivity contribution >= 4 is 34.2 Å². The lowest BCUT2D eigenvalue weighted by Gasteiger charge is -2.08. The second kappa shape index (κ2) is 4.87. The standard InChI is InChI=1S/C12H12IN3O/c1-7-5-9(13)3-4-11(7)15-12(17)10-6-14-16-8(10)2/h3-6H,1-2H3,(H,14,16)(H,15,17). The van der Waals surface area contributed by atoms with Gasteiger partial charge in [0, 0.05) is 15.0 Å². The number of carbonyl (C=O) groups is 1. The Morgan fingerprint density at radius 1 is 1.41 bits per heavy atom. The van der Waals surface area contributed by atoms with Crippen molar-refractivity contribution in [2.24, 2.45) is 0 Å². The molecule has 0 saturated carbocycles. The summed E-state index contributed by atoms with van der Waals surface area (Å²) in [6.07, 6.45) is 1.53.